The van der Waals surface area contributed by atoms with E-state index in [1.807, 2.05) is 26.8 Å². The highest BCUT2D eigenvalue weighted by molar-refractivity contribution is 7.92. The van der Waals surface area contributed by atoms with Crippen molar-refractivity contribution >= 4 is 27.5 Å². The normalized spacial score (nSPS) is 13.6. The number of carbonyl (C=O) groups excluding carboxylic acids is 2. The van der Waals surface area contributed by atoms with E-state index in [1.54, 1.807) is 37.3 Å². The molecule has 36 heavy (non-hydrogen) atoms. The first-order valence-electron chi connectivity index (χ1n) is 11.4. The lowest BCUT2D eigenvalue weighted by atomic mass is 10.1. The molecular formula is C25H33N3O7S. The molecule has 2 amide bonds. The van der Waals surface area contributed by atoms with Crippen molar-refractivity contribution in [3.8, 4) is 17.2 Å². The molecule has 0 aromatic heterocycles. The van der Waals surface area contributed by atoms with Crippen LogP contribution in [0.4, 0.5) is 5.69 Å². The number of carbonyl (C=O) groups is 2. The summed E-state index contributed by atoms with van der Waals surface area (Å²) in [7, 11) is -2.31. The molecule has 0 radical (unpaired) electrons. The minimum absolute atomic E-state index is 0.0330. The monoisotopic (exact) mass is 519 g/mol. The molecule has 1 atom stereocenters. The van der Waals surface area contributed by atoms with Crippen LogP contribution in [0.25, 0.3) is 0 Å². The number of hydrogen-bond acceptors (Lipinski definition) is 7. The molecule has 1 aliphatic heterocycles. The average Bonchev–Trinajstić information content (AvgIpc) is 3.26. The quantitative estimate of drug-likeness (QED) is 0.541. The van der Waals surface area contributed by atoms with E-state index in [2.05, 4.69) is 5.32 Å². The maximum absolute atomic E-state index is 13.6. The lowest BCUT2D eigenvalue weighted by molar-refractivity contribution is -0.140. The molecule has 0 fully saturated rings. The Morgan fingerprint density at radius 2 is 1.81 bits per heavy atom. The Hall–Kier alpha value is -3.47. The summed E-state index contributed by atoms with van der Waals surface area (Å²) < 4.78 is 42.4. The Balaban J connectivity index is 1.93. The van der Waals surface area contributed by atoms with Gasteiger partial charge in [-0.1, -0.05) is 12.1 Å². The van der Waals surface area contributed by atoms with Crippen molar-refractivity contribution in [2.75, 3.05) is 31.0 Å². The minimum Gasteiger partial charge on any atom is -0.497 e. The maximum Gasteiger partial charge on any atom is 0.244 e. The molecule has 0 saturated heterocycles. The summed E-state index contributed by atoms with van der Waals surface area (Å²) in [5, 5.41) is 2.89. The molecule has 2 aromatic rings. The molecule has 0 spiro atoms. The van der Waals surface area contributed by atoms with Crippen LogP contribution in [-0.4, -0.2) is 63.4 Å². The Morgan fingerprint density at radius 3 is 2.44 bits per heavy atom. The molecule has 3 rings (SSSR count). The van der Waals surface area contributed by atoms with Crippen LogP contribution in [0.3, 0.4) is 0 Å². The second-order valence-corrected chi connectivity index (χ2v) is 11.5. The number of fused-ring (bicyclic) bond motifs is 1. The number of anilines is 1. The van der Waals surface area contributed by atoms with Crippen LogP contribution < -0.4 is 23.8 Å². The first-order valence-corrected chi connectivity index (χ1v) is 13.2. The van der Waals surface area contributed by atoms with Gasteiger partial charge >= 0.3 is 0 Å². The van der Waals surface area contributed by atoms with E-state index in [-0.39, 0.29) is 24.9 Å². The van der Waals surface area contributed by atoms with Gasteiger partial charge in [0, 0.05) is 18.2 Å². The minimum atomic E-state index is -3.85. The van der Waals surface area contributed by atoms with Gasteiger partial charge < -0.3 is 24.4 Å². The summed E-state index contributed by atoms with van der Waals surface area (Å²) in [4.78, 5) is 28.0. The molecule has 1 aliphatic rings. The van der Waals surface area contributed by atoms with E-state index in [4.69, 9.17) is 14.2 Å². The molecule has 0 unspecified atom stereocenters. The first-order chi connectivity index (χ1) is 16.8. The maximum atomic E-state index is 13.6. The van der Waals surface area contributed by atoms with Crippen LogP contribution in [0.5, 0.6) is 17.2 Å². The fourth-order valence-corrected chi connectivity index (χ4v) is 4.52. The zero-order valence-corrected chi connectivity index (χ0v) is 22.2. The summed E-state index contributed by atoms with van der Waals surface area (Å²) in [6, 6.07) is 10.9. The number of nitrogens with one attached hydrogen (secondary N) is 1. The third-order valence-electron chi connectivity index (χ3n) is 5.48. The van der Waals surface area contributed by atoms with Gasteiger partial charge in [0.1, 0.15) is 18.3 Å². The summed E-state index contributed by atoms with van der Waals surface area (Å²) >= 11 is 0. The number of sulfonamides is 1. The molecule has 0 aliphatic carbocycles. The Bertz CT molecular complexity index is 1220. The van der Waals surface area contributed by atoms with E-state index < -0.39 is 34.1 Å². The van der Waals surface area contributed by atoms with Gasteiger partial charge in [-0.05, 0) is 57.5 Å². The van der Waals surface area contributed by atoms with Crippen molar-refractivity contribution in [1.82, 2.24) is 10.2 Å². The number of benzene rings is 2. The molecule has 2 aromatic carbocycles. The summed E-state index contributed by atoms with van der Waals surface area (Å²) in [6.07, 6.45) is 1.02. The van der Waals surface area contributed by atoms with Gasteiger partial charge in [-0.25, -0.2) is 8.42 Å². The van der Waals surface area contributed by atoms with Crippen LogP contribution in [0.15, 0.2) is 42.5 Å². The highest BCUT2D eigenvalue weighted by Gasteiger charge is 2.32. The topological polar surface area (TPSA) is 114 Å². The Morgan fingerprint density at radius 1 is 1.11 bits per heavy atom. The van der Waals surface area contributed by atoms with Gasteiger partial charge in [-0.2, -0.15) is 0 Å². The van der Waals surface area contributed by atoms with Crippen LogP contribution in [0, 0.1) is 0 Å². The van der Waals surface area contributed by atoms with Gasteiger partial charge in [0.25, 0.3) is 0 Å². The number of ether oxygens (including phenoxy) is 3. The van der Waals surface area contributed by atoms with Gasteiger partial charge in [0.05, 0.1) is 19.1 Å². The third-order valence-corrected chi connectivity index (χ3v) is 6.62. The summed E-state index contributed by atoms with van der Waals surface area (Å²) in [6.45, 7) is 6.75. The first kappa shape index (κ1) is 27.1. The summed E-state index contributed by atoms with van der Waals surface area (Å²) in [5.74, 6) is 0.584. The van der Waals surface area contributed by atoms with Crippen LogP contribution in [0.2, 0.25) is 0 Å². The molecule has 0 bridgehead atoms. The predicted octanol–water partition coefficient (Wildman–Crippen LogP) is 2.52. The number of rotatable bonds is 9. The summed E-state index contributed by atoms with van der Waals surface area (Å²) in [5.41, 5.74) is 0.469. The van der Waals surface area contributed by atoms with Crippen molar-refractivity contribution in [1.29, 1.82) is 0 Å². The molecule has 196 valence electrons. The van der Waals surface area contributed by atoms with Crippen LogP contribution >= 0.6 is 0 Å². The largest absolute Gasteiger partial charge is 0.497 e. The molecule has 1 heterocycles. The predicted molar refractivity (Wildman–Crippen MR) is 136 cm³/mol. The third kappa shape index (κ3) is 6.81. The fraction of sp³-hybridized carbons (Fsp3) is 0.440. The van der Waals surface area contributed by atoms with Crippen molar-refractivity contribution in [3.63, 3.8) is 0 Å². The SMILES string of the molecule is COc1cccc(CN(C(=O)CN(c2ccc3c(c2)OCO3)S(C)(=O)=O)[C@H](C)C(=O)NC(C)(C)C)c1. The Kier molecular flexibility index (Phi) is 8.02. The second-order valence-electron chi connectivity index (χ2n) is 9.60. The standard InChI is InChI=1S/C25H33N3O7S/c1-17(24(30)26-25(2,3)4)27(14-18-8-7-9-20(12-18)33-5)23(29)15-28(36(6,31)32)19-10-11-21-22(13-19)35-16-34-21/h7-13,17H,14-16H2,1-6H3,(H,26,30)/t17-/m1/s1. The fourth-order valence-electron chi connectivity index (χ4n) is 3.68. The van der Waals surface area contributed by atoms with Crippen LogP contribution in [0.1, 0.15) is 33.3 Å². The highest BCUT2D eigenvalue weighted by Crippen LogP contribution is 2.36. The molecule has 10 nitrogen and oxygen atoms in total. The smallest absolute Gasteiger partial charge is 0.244 e. The van der Waals surface area contributed by atoms with E-state index in [1.165, 1.54) is 18.1 Å². The number of amides is 2. The van der Waals surface area contributed by atoms with Crippen molar-refractivity contribution in [2.45, 2.75) is 45.8 Å². The van der Waals surface area contributed by atoms with Gasteiger partial charge in [0.15, 0.2) is 11.5 Å². The Labute approximate surface area is 212 Å². The van der Waals surface area contributed by atoms with Gasteiger partial charge in [-0.15, -0.1) is 0 Å². The zero-order valence-electron chi connectivity index (χ0n) is 21.4. The van der Waals surface area contributed by atoms with Crippen molar-refractivity contribution in [3.05, 3.63) is 48.0 Å². The van der Waals surface area contributed by atoms with E-state index in [9.17, 15) is 18.0 Å². The van der Waals surface area contributed by atoms with E-state index in [0.717, 1.165) is 16.1 Å². The highest BCUT2D eigenvalue weighted by atomic mass is 32.2. The molecular weight excluding hydrogens is 486 g/mol. The second kappa shape index (κ2) is 10.7. The number of methoxy groups -OCH3 is 1. The molecule has 1 N–H and O–H groups in total. The van der Waals surface area contributed by atoms with E-state index >= 15 is 0 Å². The lowest BCUT2D eigenvalue weighted by Gasteiger charge is -2.33. The number of hydrogen-bond donors (Lipinski definition) is 1. The van der Waals surface area contributed by atoms with E-state index in [0.29, 0.717) is 17.2 Å². The van der Waals surface area contributed by atoms with Crippen molar-refractivity contribution in [2.24, 2.45) is 0 Å². The van der Waals surface area contributed by atoms with Crippen LogP contribution in [-0.2, 0) is 26.2 Å². The zero-order chi connectivity index (χ0) is 26.7. The van der Waals surface area contributed by atoms with Gasteiger partial charge in [0.2, 0.25) is 28.6 Å². The average molecular weight is 520 g/mol. The molecule has 11 heteroatoms. The lowest BCUT2D eigenvalue weighted by Crippen LogP contribution is -2.54. The molecule has 0 saturated carbocycles. The number of nitrogens with zero attached hydrogens (tertiary/aromatic N) is 2. The van der Waals surface area contributed by atoms with Crippen molar-refractivity contribution < 1.29 is 32.2 Å². The van der Waals surface area contributed by atoms with Gasteiger partial charge in [-0.3, -0.25) is 13.9 Å².